The number of hydrazone groups is 1. The Kier molecular flexibility index (Phi) is 6.24. The lowest BCUT2D eigenvalue weighted by Gasteiger charge is -2.08. The molecule has 0 aliphatic heterocycles. The summed E-state index contributed by atoms with van der Waals surface area (Å²) in [5.74, 6) is 0. The Morgan fingerprint density at radius 3 is 2.38 bits per heavy atom. The van der Waals surface area contributed by atoms with Crippen molar-refractivity contribution in [2.24, 2.45) is 5.10 Å². The van der Waals surface area contributed by atoms with E-state index in [1.807, 2.05) is 60.7 Å². The average molecular weight is 383 g/mol. The molecule has 3 aromatic rings. The van der Waals surface area contributed by atoms with E-state index in [2.05, 4.69) is 20.2 Å². The number of halogens is 1. The van der Waals surface area contributed by atoms with Crippen LogP contribution in [0.1, 0.15) is 11.3 Å². The van der Waals surface area contributed by atoms with Crippen LogP contribution in [0.2, 0.25) is 5.02 Å². The smallest absolute Gasteiger partial charge is 0.276 e. The second-order valence-electron chi connectivity index (χ2n) is 5.14. The molecule has 7 heteroatoms. The van der Waals surface area contributed by atoms with Crippen molar-refractivity contribution in [1.82, 2.24) is 15.1 Å². The second-order valence-corrected chi connectivity index (χ2v) is 6.46. The van der Waals surface area contributed by atoms with E-state index in [0.717, 1.165) is 10.5 Å². The van der Waals surface area contributed by atoms with E-state index in [-0.39, 0.29) is 0 Å². The number of carbonyl (C=O) groups excluding carboxylic acids is 1. The number of nitrogens with zero attached hydrogens (tertiary/aromatic N) is 2. The number of rotatable bonds is 5. The molecule has 5 nitrogen and oxygen atoms in total. The van der Waals surface area contributed by atoms with Crippen LogP contribution in [0, 0.1) is 0 Å². The minimum atomic E-state index is -0.436. The van der Waals surface area contributed by atoms with Crippen molar-refractivity contribution in [2.45, 2.75) is 4.90 Å². The van der Waals surface area contributed by atoms with Crippen LogP contribution in [0.5, 0.6) is 0 Å². The number of nitrogens with one attached hydrogen (secondary N) is 2. The summed E-state index contributed by atoms with van der Waals surface area (Å²) in [7, 11) is 0. The summed E-state index contributed by atoms with van der Waals surface area (Å²) in [6.07, 6.45) is 1.68. The van der Waals surface area contributed by atoms with Gasteiger partial charge in [0.2, 0.25) is 0 Å². The summed E-state index contributed by atoms with van der Waals surface area (Å²) < 4.78 is 2.67. The molecule has 2 amide bonds. The first-order valence-corrected chi connectivity index (χ1v) is 8.95. The molecule has 1 aromatic heterocycles. The van der Waals surface area contributed by atoms with Crippen molar-refractivity contribution in [1.29, 1.82) is 0 Å². The monoisotopic (exact) mass is 382 g/mol. The number of benzene rings is 2. The second kappa shape index (κ2) is 9.03. The average Bonchev–Trinajstić information content (AvgIpc) is 2.69. The molecular weight excluding hydrogens is 368 g/mol. The number of hydrogen-bond donors (Lipinski definition) is 2. The third kappa shape index (κ3) is 5.08. The summed E-state index contributed by atoms with van der Waals surface area (Å²) in [5.41, 5.74) is 4.62. The van der Waals surface area contributed by atoms with Gasteiger partial charge in [0.25, 0.3) is 0 Å². The quantitative estimate of drug-likeness (QED) is 0.388. The van der Waals surface area contributed by atoms with Gasteiger partial charge in [0.05, 0.1) is 5.69 Å². The molecule has 0 saturated heterocycles. The normalized spacial score (nSPS) is 11.0. The molecule has 1 heterocycles. The Hall–Kier alpha value is -2.83. The first-order valence-electron chi connectivity index (χ1n) is 7.75. The molecule has 3 rings (SSSR count). The summed E-state index contributed by atoms with van der Waals surface area (Å²) in [6, 6.07) is 21.8. The minimum absolute atomic E-state index is 0.436. The standard InChI is InChI=1S/C19H15ClN4OS/c20-15-9-11-16(12-10-15)26-24-19(25)23-22-18(14-6-2-1-3-7-14)17-8-4-5-13-21-17/h1-13H,(H2,23,24,25)/b22-18-. The molecule has 0 spiro atoms. The number of urea groups is 1. The van der Waals surface area contributed by atoms with Gasteiger partial charge < -0.3 is 0 Å². The Balaban J connectivity index is 1.70. The molecule has 0 unspecified atom stereocenters. The lowest BCUT2D eigenvalue weighted by molar-refractivity contribution is 0.247. The summed E-state index contributed by atoms with van der Waals surface area (Å²) in [4.78, 5) is 17.2. The summed E-state index contributed by atoms with van der Waals surface area (Å²) in [5, 5.41) is 4.89. The molecule has 0 bridgehead atoms. The van der Waals surface area contributed by atoms with Crippen LogP contribution in [0.25, 0.3) is 0 Å². The molecule has 0 radical (unpaired) electrons. The molecule has 0 aliphatic rings. The highest BCUT2D eigenvalue weighted by molar-refractivity contribution is 7.98. The van der Waals surface area contributed by atoms with Gasteiger partial charge in [-0.3, -0.25) is 9.71 Å². The minimum Gasteiger partial charge on any atom is -0.276 e. The maximum atomic E-state index is 12.1. The lowest BCUT2D eigenvalue weighted by Crippen LogP contribution is -2.28. The SMILES string of the molecule is O=C(N/N=C(/c1ccccc1)c1ccccn1)NSc1ccc(Cl)cc1. The van der Waals surface area contributed by atoms with Crippen molar-refractivity contribution in [3.05, 3.63) is 95.3 Å². The fourth-order valence-corrected chi connectivity index (χ4v) is 2.76. The molecular formula is C19H15ClN4OS. The van der Waals surface area contributed by atoms with Gasteiger partial charge >= 0.3 is 6.03 Å². The van der Waals surface area contributed by atoms with E-state index in [1.165, 1.54) is 11.9 Å². The van der Waals surface area contributed by atoms with Gasteiger partial charge in [-0.2, -0.15) is 5.10 Å². The first-order chi connectivity index (χ1) is 12.7. The summed E-state index contributed by atoms with van der Waals surface area (Å²) in [6.45, 7) is 0. The highest BCUT2D eigenvalue weighted by atomic mass is 35.5. The van der Waals surface area contributed by atoms with Gasteiger partial charge in [0.1, 0.15) is 5.71 Å². The van der Waals surface area contributed by atoms with E-state index >= 15 is 0 Å². The fraction of sp³-hybridized carbons (Fsp3) is 0. The molecule has 0 fully saturated rings. The van der Waals surface area contributed by atoms with Gasteiger partial charge in [-0.15, -0.1) is 0 Å². The van der Waals surface area contributed by atoms with Gasteiger partial charge in [-0.05, 0) is 48.3 Å². The van der Waals surface area contributed by atoms with Crippen LogP contribution in [0.15, 0.2) is 89.0 Å². The van der Waals surface area contributed by atoms with Crippen molar-refractivity contribution in [2.75, 3.05) is 0 Å². The van der Waals surface area contributed by atoms with Gasteiger partial charge in [0.15, 0.2) is 0 Å². The lowest BCUT2D eigenvalue weighted by atomic mass is 10.1. The topological polar surface area (TPSA) is 66.4 Å². The highest BCUT2D eigenvalue weighted by Crippen LogP contribution is 2.17. The van der Waals surface area contributed by atoms with E-state index in [1.54, 1.807) is 18.3 Å². The number of hydrogen-bond acceptors (Lipinski definition) is 4. The van der Waals surface area contributed by atoms with E-state index in [4.69, 9.17) is 11.6 Å². The molecule has 2 aromatic carbocycles. The molecule has 0 saturated carbocycles. The number of carbonyl (C=O) groups is 1. The third-order valence-electron chi connectivity index (χ3n) is 3.30. The van der Waals surface area contributed by atoms with Crippen LogP contribution >= 0.6 is 23.5 Å². The zero-order chi connectivity index (χ0) is 18.2. The Bertz CT molecular complexity index is 845. The number of pyridine rings is 1. The van der Waals surface area contributed by atoms with E-state index < -0.39 is 6.03 Å². The predicted octanol–water partition coefficient (Wildman–Crippen LogP) is 4.49. The third-order valence-corrected chi connectivity index (χ3v) is 4.35. The molecule has 2 N–H and O–H groups in total. The summed E-state index contributed by atoms with van der Waals surface area (Å²) >= 11 is 7.02. The number of aromatic nitrogens is 1. The first kappa shape index (κ1) is 18.0. The van der Waals surface area contributed by atoms with Gasteiger partial charge in [0, 0.05) is 21.7 Å². The fourth-order valence-electron chi connectivity index (χ4n) is 2.11. The Morgan fingerprint density at radius 2 is 1.69 bits per heavy atom. The van der Waals surface area contributed by atoms with E-state index in [0.29, 0.717) is 16.4 Å². The Morgan fingerprint density at radius 1 is 0.962 bits per heavy atom. The van der Waals surface area contributed by atoms with Crippen molar-refractivity contribution >= 4 is 35.3 Å². The highest BCUT2D eigenvalue weighted by Gasteiger charge is 2.09. The molecule has 26 heavy (non-hydrogen) atoms. The van der Waals surface area contributed by atoms with Gasteiger partial charge in [-0.25, -0.2) is 10.2 Å². The van der Waals surface area contributed by atoms with Crippen molar-refractivity contribution in [3.63, 3.8) is 0 Å². The van der Waals surface area contributed by atoms with Crippen LogP contribution < -0.4 is 10.1 Å². The van der Waals surface area contributed by atoms with E-state index in [9.17, 15) is 4.79 Å². The van der Waals surface area contributed by atoms with Crippen molar-refractivity contribution < 1.29 is 4.79 Å². The molecule has 0 aliphatic carbocycles. The van der Waals surface area contributed by atoms with Crippen LogP contribution in [0.3, 0.4) is 0 Å². The largest absolute Gasteiger partial charge is 0.345 e. The van der Waals surface area contributed by atoms with Gasteiger partial charge in [-0.1, -0.05) is 48.0 Å². The zero-order valence-electron chi connectivity index (χ0n) is 13.6. The Labute approximate surface area is 160 Å². The predicted molar refractivity (Wildman–Crippen MR) is 105 cm³/mol. The molecule has 0 atom stereocenters. The maximum Gasteiger partial charge on any atom is 0.345 e. The van der Waals surface area contributed by atoms with Crippen LogP contribution in [0.4, 0.5) is 4.79 Å². The molecule has 130 valence electrons. The van der Waals surface area contributed by atoms with Crippen LogP contribution in [-0.4, -0.2) is 16.7 Å². The maximum absolute atomic E-state index is 12.1. The van der Waals surface area contributed by atoms with Crippen LogP contribution in [-0.2, 0) is 0 Å². The zero-order valence-corrected chi connectivity index (χ0v) is 15.2. The van der Waals surface area contributed by atoms with Crippen molar-refractivity contribution in [3.8, 4) is 0 Å². The number of amides is 2.